The fourth-order valence-corrected chi connectivity index (χ4v) is 6.29. The van der Waals surface area contributed by atoms with Crippen molar-refractivity contribution in [2.24, 2.45) is 11.8 Å². The molecule has 0 amide bonds. The molecule has 3 aromatic carbocycles. The molecule has 7 nitrogen and oxygen atoms in total. The maximum Gasteiger partial charge on any atom is 0.253 e. The van der Waals surface area contributed by atoms with E-state index >= 15 is 0 Å². The van der Waals surface area contributed by atoms with Crippen molar-refractivity contribution in [3.63, 3.8) is 0 Å². The Balaban J connectivity index is 1.45. The van der Waals surface area contributed by atoms with Crippen LogP contribution in [0.4, 0.5) is 39.0 Å². The average molecular weight is 585 g/mol. The van der Waals surface area contributed by atoms with E-state index in [9.17, 15) is 31.5 Å². The molecule has 0 aliphatic carbocycles. The minimum Gasteiger partial charge on any atom is -0.497 e. The number of methoxy groups -OCH3 is 1. The predicted octanol–water partition coefficient (Wildman–Crippen LogP) is 5.33. The highest BCUT2D eigenvalue weighted by molar-refractivity contribution is 5.85. The monoisotopic (exact) mass is 584 g/mol. The standard InChI is InChI=1S/C30H25F5N4O3/c1-3-13-12-39-9-7-14(13)10-19(39)25(16-6-8-36-18-5-4-15(42-2)11-17(16)18)37-27-28(30(41)29(27)40)38-26-23(34)21(32)20(31)22(33)24(26)35/h3-6,8,11,13-14,19,25,37-38H,1,7,9-10,12H2,2H3/t13?,14?,19-,25+/m0/s1. The Bertz CT molecular complexity index is 1780. The molecule has 2 N–H and O–H groups in total. The molecule has 0 saturated carbocycles. The van der Waals surface area contributed by atoms with Crippen LogP contribution in [0.25, 0.3) is 10.9 Å². The summed E-state index contributed by atoms with van der Waals surface area (Å²) in [6, 6.07) is 6.30. The highest BCUT2D eigenvalue weighted by Gasteiger charge is 2.44. The van der Waals surface area contributed by atoms with Crippen LogP contribution in [0.1, 0.15) is 24.4 Å². The molecule has 3 saturated heterocycles. The quantitative estimate of drug-likeness (QED) is 0.0953. The topological polar surface area (TPSA) is 83.6 Å². The van der Waals surface area contributed by atoms with Crippen molar-refractivity contribution in [3.05, 3.63) is 98.2 Å². The van der Waals surface area contributed by atoms with Gasteiger partial charge >= 0.3 is 0 Å². The Morgan fingerprint density at radius 1 is 1.00 bits per heavy atom. The number of rotatable bonds is 8. The van der Waals surface area contributed by atoms with E-state index in [1.807, 2.05) is 11.4 Å². The highest BCUT2D eigenvalue weighted by atomic mass is 19.2. The lowest BCUT2D eigenvalue weighted by molar-refractivity contribution is 0.0105. The van der Waals surface area contributed by atoms with Gasteiger partial charge in [-0.25, -0.2) is 22.0 Å². The molecule has 2 bridgehead atoms. The first kappa shape index (κ1) is 27.8. The van der Waals surface area contributed by atoms with Gasteiger partial charge in [0.1, 0.15) is 22.8 Å². The van der Waals surface area contributed by atoms with Gasteiger partial charge in [0.05, 0.1) is 18.7 Å². The molecule has 3 unspecified atom stereocenters. The van der Waals surface area contributed by atoms with Crippen molar-refractivity contribution in [2.45, 2.75) is 24.9 Å². The van der Waals surface area contributed by atoms with Crippen molar-refractivity contribution in [1.29, 1.82) is 0 Å². The summed E-state index contributed by atoms with van der Waals surface area (Å²) in [4.78, 5) is 32.1. The van der Waals surface area contributed by atoms with Crippen LogP contribution in [0.5, 0.6) is 5.75 Å². The molecule has 4 aromatic rings. The normalized spacial score (nSPS) is 22.3. The molecular weight excluding hydrogens is 559 g/mol. The van der Waals surface area contributed by atoms with Crippen LogP contribution in [0.15, 0.2) is 52.7 Å². The maximum absolute atomic E-state index is 14.5. The molecule has 7 rings (SSSR count). The number of pyridine rings is 1. The maximum atomic E-state index is 14.5. The van der Waals surface area contributed by atoms with Gasteiger partial charge < -0.3 is 15.4 Å². The Morgan fingerprint density at radius 2 is 1.69 bits per heavy atom. The number of piperidine rings is 3. The highest BCUT2D eigenvalue weighted by Crippen LogP contribution is 2.44. The summed E-state index contributed by atoms with van der Waals surface area (Å²) in [6.45, 7) is 5.47. The first-order chi connectivity index (χ1) is 20.1. The van der Waals surface area contributed by atoms with Crippen molar-refractivity contribution in [1.82, 2.24) is 9.88 Å². The third-order valence-electron chi connectivity index (χ3n) is 8.53. The third kappa shape index (κ3) is 4.32. The number of ether oxygens (including phenoxy) is 1. The van der Waals surface area contributed by atoms with Gasteiger partial charge in [-0.05, 0) is 61.1 Å². The van der Waals surface area contributed by atoms with E-state index in [0.717, 1.165) is 31.5 Å². The lowest BCUT2D eigenvalue weighted by atomic mass is 9.73. The summed E-state index contributed by atoms with van der Waals surface area (Å²) in [6.07, 6.45) is 5.22. The molecule has 4 heterocycles. The van der Waals surface area contributed by atoms with Crippen molar-refractivity contribution in [3.8, 4) is 5.75 Å². The molecule has 0 radical (unpaired) electrons. The Kier molecular flexibility index (Phi) is 6.96. The molecular formula is C30H25F5N4O3. The van der Waals surface area contributed by atoms with Crippen LogP contribution >= 0.6 is 0 Å². The van der Waals surface area contributed by atoms with Crippen LogP contribution in [0.3, 0.4) is 0 Å². The second-order valence-electron chi connectivity index (χ2n) is 10.6. The number of anilines is 3. The predicted molar refractivity (Wildman–Crippen MR) is 147 cm³/mol. The van der Waals surface area contributed by atoms with E-state index < -0.39 is 57.4 Å². The zero-order chi connectivity index (χ0) is 29.9. The Hall–Kier alpha value is -4.32. The molecule has 3 fully saturated rings. The summed E-state index contributed by atoms with van der Waals surface area (Å²) in [5.41, 5.74) is -3.10. The molecule has 1 aromatic heterocycles. The van der Waals surface area contributed by atoms with Crippen molar-refractivity contribution in [2.75, 3.05) is 30.8 Å². The Labute approximate surface area is 236 Å². The SMILES string of the molecule is C=CC1CN2CCC1C[C@H]2[C@H](Nc1c(Nc2c(F)c(F)c(F)c(F)c2F)c(=O)c1=O)c1ccnc2ccc(OC)cc12. The zero-order valence-electron chi connectivity index (χ0n) is 22.3. The number of hydrogen-bond acceptors (Lipinski definition) is 7. The molecule has 218 valence electrons. The number of benzene rings is 2. The summed E-state index contributed by atoms with van der Waals surface area (Å²) in [7, 11) is 1.52. The lowest BCUT2D eigenvalue weighted by Crippen LogP contribution is -2.56. The van der Waals surface area contributed by atoms with E-state index in [1.54, 1.807) is 30.5 Å². The molecule has 0 spiro atoms. The van der Waals surface area contributed by atoms with Gasteiger partial charge in [0.25, 0.3) is 10.9 Å². The van der Waals surface area contributed by atoms with Gasteiger partial charge in [-0.15, -0.1) is 6.58 Å². The van der Waals surface area contributed by atoms with E-state index in [0.29, 0.717) is 22.6 Å². The van der Waals surface area contributed by atoms with Gasteiger partial charge in [0.15, 0.2) is 23.3 Å². The fraction of sp³-hybridized carbons (Fsp3) is 0.300. The summed E-state index contributed by atoms with van der Waals surface area (Å²) in [5.74, 6) is -9.83. The molecule has 12 heteroatoms. The van der Waals surface area contributed by atoms with E-state index in [4.69, 9.17) is 4.74 Å². The van der Waals surface area contributed by atoms with Crippen LogP contribution in [0, 0.1) is 40.9 Å². The largest absolute Gasteiger partial charge is 0.497 e. The van der Waals surface area contributed by atoms with Gasteiger partial charge in [-0.2, -0.15) is 0 Å². The molecule has 5 atom stereocenters. The van der Waals surface area contributed by atoms with E-state index in [2.05, 4.69) is 21.8 Å². The minimum atomic E-state index is -2.34. The molecule has 3 aliphatic rings. The van der Waals surface area contributed by atoms with E-state index in [-0.39, 0.29) is 17.6 Å². The Morgan fingerprint density at radius 3 is 2.33 bits per heavy atom. The fourth-order valence-electron chi connectivity index (χ4n) is 6.29. The number of nitrogens with one attached hydrogen (secondary N) is 2. The first-order valence-corrected chi connectivity index (χ1v) is 13.3. The number of fused-ring (bicyclic) bond motifs is 4. The smallest absolute Gasteiger partial charge is 0.253 e. The third-order valence-corrected chi connectivity index (χ3v) is 8.53. The molecule has 42 heavy (non-hydrogen) atoms. The number of aromatic nitrogens is 1. The second kappa shape index (κ2) is 10.5. The van der Waals surface area contributed by atoms with Crippen molar-refractivity contribution >= 4 is 28.0 Å². The second-order valence-corrected chi connectivity index (χ2v) is 10.6. The van der Waals surface area contributed by atoms with Gasteiger partial charge in [-0.1, -0.05) is 6.08 Å². The van der Waals surface area contributed by atoms with Crippen molar-refractivity contribution < 1.29 is 26.7 Å². The summed E-state index contributed by atoms with van der Waals surface area (Å²) >= 11 is 0. The number of hydrogen-bond donors (Lipinski definition) is 2. The number of halogens is 5. The average Bonchev–Trinajstić information content (AvgIpc) is 3.03. The van der Waals surface area contributed by atoms with Gasteiger partial charge in [-0.3, -0.25) is 19.5 Å². The molecule has 3 aliphatic heterocycles. The first-order valence-electron chi connectivity index (χ1n) is 13.3. The summed E-state index contributed by atoms with van der Waals surface area (Å²) in [5, 5.41) is 5.84. The summed E-state index contributed by atoms with van der Waals surface area (Å²) < 4.78 is 75.6. The number of nitrogens with zero attached hydrogens (tertiary/aromatic N) is 2. The van der Waals surface area contributed by atoms with Crippen LogP contribution in [-0.4, -0.2) is 36.1 Å². The lowest BCUT2D eigenvalue weighted by Gasteiger charge is -2.52. The van der Waals surface area contributed by atoms with Crippen LogP contribution < -0.4 is 26.2 Å². The van der Waals surface area contributed by atoms with E-state index in [1.165, 1.54) is 7.11 Å². The van der Waals surface area contributed by atoms with Crippen LogP contribution in [-0.2, 0) is 0 Å². The van der Waals surface area contributed by atoms with Gasteiger partial charge in [0.2, 0.25) is 5.82 Å². The van der Waals surface area contributed by atoms with Gasteiger partial charge in [0, 0.05) is 24.2 Å². The van der Waals surface area contributed by atoms with Crippen LogP contribution in [0.2, 0.25) is 0 Å². The minimum absolute atomic E-state index is 0.178. The zero-order valence-corrected chi connectivity index (χ0v) is 22.3.